The predicted molar refractivity (Wildman–Crippen MR) is 127 cm³/mol. The van der Waals surface area contributed by atoms with E-state index in [9.17, 15) is 9.59 Å². The first-order valence-electron chi connectivity index (χ1n) is 10.1. The molecule has 7 nitrogen and oxygen atoms in total. The number of hydrogen-bond acceptors (Lipinski definition) is 5. The highest BCUT2D eigenvalue weighted by Crippen LogP contribution is 2.28. The first kappa shape index (κ1) is 21.6. The van der Waals surface area contributed by atoms with Crippen LogP contribution in [0.1, 0.15) is 5.56 Å². The van der Waals surface area contributed by atoms with Gasteiger partial charge in [-0.15, -0.1) is 0 Å². The van der Waals surface area contributed by atoms with Crippen molar-refractivity contribution in [2.24, 2.45) is 0 Å². The Balaban J connectivity index is 1.63. The number of hydrogen-bond donors (Lipinski definition) is 0. The largest absolute Gasteiger partial charge is 0.493 e. The Morgan fingerprint density at radius 1 is 0.938 bits per heavy atom. The molecule has 0 bridgehead atoms. The highest BCUT2D eigenvalue weighted by Gasteiger charge is 2.35. The molecule has 0 spiro atoms. The zero-order chi connectivity index (χ0) is 22.8. The highest BCUT2D eigenvalue weighted by molar-refractivity contribution is 7.80. The van der Waals surface area contributed by atoms with E-state index in [1.807, 2.05) is 59.3 Å². The van der Waals surface area contributed by atoms with Crippen molar-refractivity contribution in [3.63, 3.8) is 0 Å². The van der Waals surface area contributed by atoms with E-state index < -0.39 is 11.8 Å². The van der Waals surface area contributed by atoms with Crippen LogP contribution in [0.5, 0.6) is 11.5 Å². The lowest BCUT2D eigenvalue weighted by atomic mass is 10.1. The number of nitrogens with zero attached hydrogens (tertiary/aromatic N) is 3. The van der Waals surface area contributed by atoms with Crippen LogP contribution >= 0.6 is 12.2 Å². The van der Waals surface area contributed by atoms with Crippen molar-refractivity contribution >= 4 is 46.1 Å². The van der Waals surface area contributed by atoms with Gasteiger partial charge < -0.3 is 14.0 Å². The van der Waals surface area contributed by atoms with E-state index in [0.717, 1.165) is 16.5 Å². The number of aromatic nitrogens is 1. The van der Waals surface area contributed by atoms with Crippen LogP contribution < -0.4 is 9.47 Å². The second kappa shape index (κ2) is 8.84. The summed E-state index contributed by atoms with van der Waals surface area (Å²) in [5.41, 5.74) is 1.84. The molecule has 1 aromatic heterocycles. The molecule has 4 rings (SSSR count). The number of para-hydroxylation sites is 3. The Morgan fingerprint density at radius 3 is 2.25 bits per heavy atom. The number of carbonyl (C=O) groups excluding carboxylic acids is 2. The zero-order valence-corrected chi connectivity index (χ0v) is 18.9. The molecule has 2 aromatic carbocycles. The van der Waals surface area contributed by atoms with Gasteiger partial charge in [-0.1, -0.05) is 30.3 Å². The molecular formula is C24H23N3O4S. The molecule has 0 N–H and O–H groups in total. The van der Waals surface area contributed by atoms with E-state index >= 15 is 0 Å². The molecule has 0 radical (unpaired) electrons. The normalized spacial score (nSPS) is 14.3. The van der Waals surface area contributed by atoms with E-state index in [2.05, 4.69) is 0 Å². The van der Waals surface area contributed by atoms with Crippen LogP contribution in [0, 0.1) is 0 Å². The van der Waals surface area contributed by atoms with Gasteiger partial charge in [-0.2, -0.15) is 0 Å². The fourth-order valence-electron chi connectivity index (χ4n) is 3.70. The smallest absolute Gasteiger partial charge is 0.265 e. The molecule has 32 heavy (non-hydrogen) atoms. The van der Waals surface area contributed by atoms with E-state index in [-0.39, 0.29) is 10.7 Å². The molecule has 0 saturated carbocycles. The van der Waals surface area contributed by atoms with Crippen LogP contribution in [0.3, 0.4) is 0 Å². The van der Waals surface area contributed by atoms with Crippen LogP contribution in [0.15, 0.2) is 60.3 Å². The lowest BCUT2D eigenvalue weighted by Crippen LogP contribution is -2.52. The van der Waals surface area contributed by atoms with Gasteiger partial charge in [-0.05, 0) is 36.5 Å². The van der Waals surface area contributed by atoms with Gasteiger partial charge in [-0.25, -0.2) is 0 Å². The molecule has 1 aliphatic heterocycles. The average molecular weight is 450 g/mol. The van der Waals surface area contributed by atoms with Crippen LogP contribution in [0.4, 0.5) is 0 Å². The summed E-state index contributed by atoms with van der Waals surface area (Å²) >= 11 is 5.17. The van der Waals surface area contributed by atoms with E-state index in [1.54, 1.807) is 27.3 Å². The average Bonchev–Trinajstić information content (AvgIpc) is 3.17. The summed E-state index contributed by atoms with van der Waals surface area (Å²) in [6, 6.07) is 15.3. The molecule has 0 aliphatic carbocycles. The van der Waals surface area contributed by atoms with Crippen molar-refractivity contribution in [3.05, 3.63) is 65.9 Å². The predicted octanol–water partition coefficient (Wildman–Crippen LogP) is 3.33. The molecule has 2 amide bonds. The lowest BCUT2D eigenvalue weighted by Gasteiger charge is -2.31. The van der Waals surface area contributed by atoms with Gasteiger partial charge in [0.1, 0.15) is 12.2 Å². The summed E-state index contributed by atoms with van der Waals surface area (Å²) in [5.74, 6) is 0.536. The summed E-state index contributed by atoms with van der Waals surface area (Å²) in [6.07, 6.45) is 3.57. The van der Waals surface area contributed by atoms with Gasteiger partial charge in [0.2, 0.25) is 0 Å². The molecule has 0 unspecified atom stereocenters. The molecule has 164 valence electrons. The quantitative estimate of drug-likeness (QED) is 0.328. The summed E-state index contributed by atoms with van der Waals surface area (Å²) in [7, 11) is 4.75. The van der Waals surface area contributed by atoms with Gasteiger partial charge in [0, 0.05) is 36.8 Å². The molecule has 1 fully saturated rings. The molecule has 1 aliphatic rings. The van der Waals surface area contributed by atoms with E-state index in [0.29, 0.717) is 24.7 Å². The Kier molecular flexibility index (Phi) is 5.96. The maximum absolute atomic E-state index is 12.7. The molecule has 3 aromatic rings. The first-order valence-corrected chi connectivity index (χ1v) is 10.5. The Hall–Kier alpha value is -3.65. The summed E-state index contributed by atoms with van der Waals surface area (Å²) < 4.78 is 13.3. The van der Waals surface area contributed by atoms with Gasteiger partial charge in [0.05, 0.1) is 13.7 Å². The number of thiocarbonyl (C=S) groups is 1. The molecule has 0 atom stereocenters. The number of fused-ring (bicyclic) bond motifs is 1. The number of ether oxygens (including phenoxy) is 2. The molecular weight excluding hydrogens is 426 g/mol. The maximum Gasteiger partial charge on any atom is 0.265 e. The second-order valence-corrected chi connectivity index (χ2v) is 7.73. The summed E-state index contributed by atoms with van der Waals surface area (Å²) in [4.78, 5) is 28.0. The standard InChI is InChI=1S/C24H23N3O4S/c1-25-22(28)18(23(29)26(2)24(25)32)14-16-15-27(19-9-5-4-8-17(16)19)12-13-31-21-11-7-6-10-20(21)30-3/h4-11,14-15H,12-13H2,1-3H3. The summed E-state index contributed by atoms with van der Waals surface area (Å²) in [6.45, 7) is 1.00. The van der Waals surface area contributed by atoms with Crippen molar-refractivity contribution in [3.8, 4) is 11.5 Å². The number of benzene rings is 2. The van der Waals surface area contributed by atoms with Gasteiger partial charge >= 0.3 is 0 Å². The number of likely N-dealkylation sites (N-methyl/N-ethyl adjacent to an activating group) is 2. The monoisotopic (exact) mass is 449 g/mol. The minimum atomic E-state index is -0.408. The van der Waals surface area contributed by atoms with Crippen molar-refractivity contribution < 1.29 is 19.1 Å². The number of rotatable bonds is 6. The van der Waals surface area contributed by atoms with E-state index in [1.165, 1.54) is 9.80 Å². The van der Waals surface area contributed by atoms with Gasteiger partial charge in [0.25, 0.3) is 11.8 Å². The lowest BCUT2D eigenvalue weighted by molar-refractivity contribution is -0.132. The summed E-state index contributed by atoms with van der Waals surface area (Å²) in [5, 5.41) is 1.13. The first-order chi connectivity index (χ1) is 15.4. The van der Waals surface area contributed by atoms with Crippen molar-refractivity contribution in [2.75, 3.05) is 27.8 Å². The Labute approximate surface area is 191 Å². The molecule has 8 heteroatoms. The topological polar surface area (TPSA) is 64.0 Å². The third kappa shape index (κ3) is 3.85. The van der Waals surface area contributed by atoms with Crippen LogP contribution in [0.2, 0.25) is 0 Å². The molecule has 2 heterocycles. The van der Waals surface area contributed by atoms with E-state index in [4.69, 9.17) is 21.7 Å². The maximum atomic E-state index is 12.7. The van der Waals surface area contributed by atoms with Crippen molar-refractivity contribution in [1.82, 2.24) is 14.4 Å². The fraction of sp³-hybridized carbons (Fsp3) is 0.208. The SMILES string of the molecule is COc1ccccc1OCCn1cc(C=C2C(=O)N(C)C(=S)N(C)C2=O)c2ccccc21. The Bertz CT molecular complexity index is 1220. The Morgan fingerprint density at radius 2 is 1.56 bits per heavy atom. The third-order valence-electron chi connectivity index (χ3n) is 5.42. The van der Waals surface area contributed by atoms with Crippen LogP contribution in [0.25, 0.3) is 17.0 Å². The zero-order valence-electron chi connectivity index (χ0n) is 18.1. The van der Waals surface area contributed by atoms with Gasteiger partial charge in [0.15, 0.2) is 16.6 Å². The molecule has 1 saturated heterocycles. The minimum absolute atomic E-state index is 0.0803. The van der Waals surface area contributed by atoms with Crippen LogP contribution in [-0.4, -0.2) is 59.1 Å². The van der Waals surface area contributed by atoms with Gasteiger partial charge in [-0.3, -0.25) is 19.4 Å². The van der Waals surface area contributed by atoms with Crippen molar-refractivity contribution in [2.45, 2.75) is 6.54 Å². The number of methoxy groups -OCH3 is 1. The minimum Gasteiger partial charge on any atom is -0.493 e. The highest BCUT2D eigenvalue weighted by atomic mass is 32.1. The number of carbonyl (C=O) groups is 2. The number of amides is 2. The third-order valence-corrected chi connectivity index (χ3v) is 5.97. The van der Waals surface area contributed by atoms with Crippen LogP contribution in [-0.2, 0) is 16.1 Å². The fourth-order valence-corrected chi connectivity index (χ4v) is 3.86. The second-order valence-electron chi connectivity index (χ2n) is 7.36. The van der Waals surface area contributed by atoms with Crippen molar-refractivity contribution in [1.29, 1.82) is 0 Å².